The summed E-state index contributed by atoms with van der Waals surface area (Å²) in [6.45, 7) is 1.42. The lowest BCUT2D eigenvalue weighted by Gasteiger charge is -2.22. The zero-order chi connectivity index (χ0) is 14.4. The van der Waals surface area contributed by atoms with E-state index >= 15 is 0 Å². The Morgan fingerprint density at radius 3 is 2.80 bits per heavy atom. The van der Waals surface area contributed by atoms with E-state index in [0.29, 0.717) is 28.3 Å². The third kappa shape index (κ3) is 4.33. The number of nitrogens with one attached hydrogen (secondary N) is 1. The Hall–Kier alpha value is -0.840. The fourth-order valence-corrected chi connectivity index (χ4v) is 3.12. The molecule has 0 unspecified atom stereocenters. The highest BCUT2D eigenvalue weighted by Crippen LogP contribution is 2.24. The quantitative estimate of drug-likeness (QED) is 0.620. The lowest BCUT2D eigenvalue weighted by atomic mass is 9.98. The first-order valence-electron chi connectivity index (χ1n) is 7.12. The summed E-state index contributed by atoms with van der Waals surface area (Å²) in [5.41, 5.74) is 7.29. The fourth-order valence-electron chi connectivity index (χ4n) is 2.56. The third-order valence-electron chi connectivity index (χ3n) is 3.58. The minimum atomic E-state index is 0.311. The number of hydrogen-bond acceptors (Lipinski definition) is 3. The average molecular weight is 313 g/mol. The van der Waals surface area contributed by atoms with Crippen LogP contribution in [0.4, 0.5) is 5.69 Å². The first kappa shape index (κ1) is 15.5. The lowest BCUT2D eigenvalue weighted by molar-refractivity contribution is 0.0347. The molecule has 5 heteroatoms. The molecule has 0 amide bonds. The number of nitrogens with two attached hydrogens (primary N) is 1. The number of halogens is 1. The summed E-state index contributed by atoms with van der Waals surface area (Å²) in [7, 11) is 0. The van der Waals surface area contributed by atoms with Crippen molar-refractivity contribution in [2.24, 2.45) is 5.73 Å². The van der Waals surface area contributed by atoms with Crippen molar-refractivity contribution < 1.29 is 4.74 Å². The third-order valence-corrected chi connectivity index (χ3v) is 4.10. The maximum absolute atomic E-state index is 6.12. The number of hydrogen-bond donors (Lipinski definition) is 2. The fraction of sp³-hybridized carbons (Fsp3) is 0.533. The largest absolute Gasteiger partial charge is 0.389 e. The highest BCUT2D eigenvalue weighted by molar-refractivity contribution is 7.80. The molecule has 110 valence electrons. The lowest BCUT2D eigenvalue weighted by Crippen LogP contribution is -2.21. The molecule has 1 aromatic carbocycles. The summed E-state index contributed by atoms with van der Waals surface area (Å²) in [4.78, 5) is 0.311. The summed E-state index contributed by atoms with van der Waals surface area (Å²) in [6, 6.07) is 5.61. The molecule has 0 saturated heterocycles. The van der Waals surface area contributed by atoms with Crippen molar-refractivity contribution in [3.8, 4) is 0 Å². The van der Waals surface area contributed by atoms with Crippen LogP contribution in [0.3, 0.4) is 0 Å². The van der Waals surface area contributed by atoms with E-state index in [0.717, 1.165) is 12.2 Å². The predicted molar refractivity (Wildman–Crippen MR) is 88.7 cm³/mol. The van der Waals surface area contributed by atoms with E-state index < -0.39 is 0 Å². The van der Waals surface area contributed by atoms with Crippen molar-refractivity contribution in [2.45, 2.75) is 38.2 Å². The van der Waals surface area contributed by atoms with Crippen LogP contribution in [-0.2, 0) is 4.74 Å². The molecular weight excluding hydrogens is 292 g/mol. The van der Waals surface area contributed by atoms with Gasteiger partial charge in [-0.25, -0.2) is 0 Å². The molecule has 1 saturated carbocycles. The van der Waals surface area contributed by atoms with Crippen molar-refractivity contribution in [2.75, 3.05) is 18.5 Å². The number of ether oxygens (including phenoxy) is 1. The van der Waals surface area contributed by atoms with Crippen LogP contribution in [0.2, 0.25) is 5.02 Å². The van der Waals surface area contributed by atoms with Gasteiger partial charge in [0.1, 0.15) is 4.99 Å². The predicted octanol–water partition coefficient (Wildman–Crippen LogP) is 3.74. The van der Waals surface area contributed by atoms with Gasteiger partial charge in [-0.05, 0) is 25.0 Å². The summed E-state index contributed by atoms with van der Waals surface area (Å²) in [5.74, 6) is 0. The van der Waals surface area contributed by atoms with Crippen LogP contribution >= 0.6 is 23.8 Å². The summed E-state index contributed by atoms with van der Waals surface area (Å²) in [5, 5.41) is 3.88. The van der Waals surface area contributed by atoms with Crippen molar-refractivity contribution in [1.82, 2.24) is 0 Å². The Balaban J connectivity index is 1.82. The van der Waals surface area contributed by atoms with E-state index in [1.54, 1.807) is 6.07 Å². The van der Waals surface area contributed by atoms with Gasteiger partial charge in [0.05, 0.1) is 23.3 Å². The van der Waals surface area contributed by atoms with Crippen molar-refractivity contribution in [1.29, 1.82) is 0 Å². The molecule has 3 nitrogen and oxygen atoms in total. The SMILES string of the molecule is NC(=S)c1c(Cl)cccc1NCCOC1CCCCC1. The van der Waals surface area contributed by atoms with Gasteiger partial charge in [-0.2, -0.15) is 0 Å². The Morgan fingerprint density at radius 1 is 1.35 bits per heavy atom. The van der Waals surface area contributed by atoms with Crippen LogP contribution in [0.5, 0.6) is 0 Å². The normalized spacial score (nSPS) is 16.1. The molecule has 0 spiro atoms. The first-order chi connectivity index (χ1) is 9.68. The summed E-state index contributed by atoms with van der Waals surface area (Å²) >= 11 is 11.2. The van der Waals surface area contributed by atoms with E-state index in [2.05, 4.69) is 5.32 Å². The smallest absolute Gasteiger partial charge is 0.107 e. The first-order valence-corrected chi connectivity index (χ1v) is 7.91. The maximum Gasteiger partial charge on any atom is 0.107 e. The van der Waals surface area contributed by atoms with Gasteiger partial charge in [-0.15, -0.1) is 0 Å². The molecule has 0 radical (unpaired) electrons. The number of thiocarbonyl (C=S) groups is 1. The summed E-state index contributed by atoms with van der Waals surface area (Å²) in [6.07, 6.45) is 6.73. The van der Waals surface area contributed by atoms with Crippen molar-refractivity contribution >= 4 is 34.5 Å². The van der Waals surface area contributed by atoms with Gasteiger partial charge < -0.3 is 15.8 Å². The molecule has 20 heavy (non-hydrogen) atoms. The van der Waals surface area contributed by atoms with E-state index in [4.69, 9.17) is 34.3 Å². The standard InChI is InChI=1S/C15H21ClN2OS/c16-12-7-4-8-13(14(12)15(17)20)18-9-10-19-11-5-2-1-3-6-11/h4,7-8,11,18H,1-3,5-6,9-10H2,(H2,17,20). The van der Waals surface area contributed by atoms with Crippen LogP contribution in [-0.4, -0.2) is 24.2 Å². The Morgan fingerprint density at radius 2 is 2.10 bits per heavy atom. The van der Waals surface area contributed by atoms with E-state index in [1.165, 1.54) is 32.1 Å². The van der Waals surface area contributed by atoms with E-state index in [9.17, 15) is 0 Å². The Bertz CT molecular complexity index is 461. The maximum atomic E-state index is 6.12. The molecule has 0 atom stereocenters. The number of benzene rings is 1. The highest BCUT2D eigenvalue weighted by Gasteiger charge is 2.13. The van der Waals surface area contributed by atoms with Crippen LogP contribution in [0.15, 0.2) is 18.2 Å². The van der Waals surface area contributed by atoms with Crippen LogP contribution in [0.25, 0.3) is 0 Å². The van der Waals surface area contributed by atoms with Crippen molar-refractivity contribution in [3.63, 3.8) is 0 Å². The van der Waals surface area contributed by atoms with Gasteiger partial charge in [-0.3, -0.25) is 0 Å². The Kier molecular flexibility index (Phi) is 6.07. The highest BCUT2D eigenvalue weighted by atomic mass is 35.5. The number of rotatable bonds is 6. The minimum absolute atomic E-state index is 0.311. The average Bonchev–Trinajstić information content (AvgIpc) is 2.44. The second kappa shape index (κ2) is 7.81. The van der Waals surface area contributed by atoms with Gasteiger partial charge in [-0.1, -0.05) is 49.1 Å². The van der Waals surface area contributed by atoms with Crippen LogP contribution < -0.4 is 11.1 Å². The molecular formula is C15H21ClN2OS. The van der Waals surface area contributed by atoms with E-state index in [1.807, 2.05) is 12.1 Å². The van der Waals surface area contributed by atoms with Gasteiger partial charge in [0.15, 0.2) is 0 Å². The van der Waals surface area contributed by atoms with Crippen LogP contribution in [0.1, 0.15) is 37.7 Å². The molecule has 3 N–H and O–H groups in total. The molecule has 0 bridgehead atoms. The topological polar surface area (TPSA) is 47.3 Å². The molecule has 1 aliphatic carbocycles. The molecule has 1 aliphatic rings. The van der Waals surface area contributed by atoms with Gasteiger partial charge in [0.2, 0.25) is 0 Å². The van der Waals surface area contributed by atoms with E-state index in [-0.39, 0.29) is 0 Å². The molecule has 2 rings (SSSR count). The Labute approximate surface area is 130 Å². The molecule has 0 aromatic heterocycles. The van der Waals surface area contributed by atoms with Crippen LogP contribution in [0, 0.1) is 0 Å². The zero-order valence-corrected chi connectivity index (χ0v) is 13.1. The summed E-state index contributed by atoms with van der Waals surface area (Å²) < 4.78 is 5.88. The van der Waals surface area contributed by atoms with Gasteiger partial charge in [0, 0.05) is 12.2 Å². The zero-order valence-electron chi connectivity index (χ0n) is 11.5. The minimum Gasteiger partial charge on any atom is -0.389 e. The molecule has 1 fully saturated rings. The van der Waals surface area contributed by atoms with Crippen molar-refractivity contribution in [3.05, 3.63) is 28.8 Å². The molecule has 1 aromatic rings. The van der Waals surface area contributed by atoms with Gasteiger partial charge in [0.25, 0.3) is 0 Å². The van der Waals surface area contributed by atoms with Gasteiger partial charge >= 0.3 is 0 Å². The molecule has 0 heterocycles. The number of anilines is 1. The monoisotopic (exact) mass is 312 g/mol. The second-order valence-corrected chi connectivity index (χ2v) is 5.93. The molecule has 0 aliphatic heterocycles. The second-order valence-electron chi connectivity index (χ2n) is 5.08.